The maximum atomic E-state index is 11.9. The minimum atomic E-state index is -0.924. The van der Waals surface area contributed by atoms with Crippen molar-refractivity contribution < 1.29 is 24.3 Å². The highest BCUT2D eigenvalue weighted by Crippen LogP contribution is 2.22. The highest BCUT2D eigenvalue weighted by atomic mass is 16.4. The first-order valence-corrected chi connectivity index (χ1v) is 6.24. The molecule has 2 heterocycles. The van der Waals surface area contributed by atoms with Gasteiger partial charge in [0, 0.05) is 18.8 Å². The number of amides is 4. The molecule has 1 aromatic carbocycles. The van der Waals surface area contributed by atoms with Crippen molar-refractivity contribution in [2.24, 2.45) is 5.92 Å². The molecule has 2 aliphatic rings. The Hall–Kier alpha value is -2.90. The lowest BCUT2D eigenvalue weighted by Gasteiger charge is -2.36. The number of carboxylic acids is 1. The van der Waals surface area contributed by atoms with Crippen LogP contribution < -0.4 is 10.6 Å². The monoisotopic (exact) mass is 289 g/mol. The van der Waals surface area contributed by atoms with Crippen LogP contribution in [0.3, 0.4) is 0 Å². The lowest BCUT2D eigenvalue weighted by Crippen LogP contribution is -2.54. The van der Waals surface area contributed by atoms with E-state index < -0.39 is 29.7 Å². The van der Waals surface area contributed by atoms with Crippen molar-refractivity contribution in [1.29, 1.82) is 0 Å². The van der Waals surface area contributed by atoms with Crippen LogP contribution in [0, 0.1) is 5.92 Å². The van der Waals surface area contributed by atoms with Gasteiger partial charge in [-0.15, -0.1) is 0 Å². The summed E-state index contributed by atoms with van der Waals surface area (Å²) in [5.41, 5.74) is 0.861. The van der Waals surface area contributed by atoms with E-state index in [-0.39, 0.29) is 24.2 Å². The zero-order valence-corrected chi connectivity index (χ0v) is 10.8. The molecule has 0 unspecified atom stereocenters. The van der Waals surface area contributed by atoms with Crippen molar-refractivity contribution >= 4 is 29.5 Å². The minimum absolute atomic E-state index is 0.158. The average molecular weight is 289 g/mol. The van der Waals surface area contributed by atoms with Crippen molar-refractivity contribution in [3.63, 3.8) is 0 Å². The smallest absolute Gasteiger partial charge is 0.321 e. The summed E-state index contributed by atoms with van der Waals surface area (Å²) in [6, 6.07) is 3.96. The highest BCUT2D eigenvalue weighted by molar-refractivity contribution is 6.22. The van der Waals surface area contributed by atoms with Gasteiger partial charge in [0.05, 0.1) is 17.0 Å². The zero-order valence-electron chi connectivity index (χ0n) is 10.8. The Morgan fingerprint density at radius 3 is 2.52 bits per heavy atom. The quantitative estimate of drug-likeness (QED) is 0.669. The van der Waals surface area contributed by atoms with Crippen molar-refractivity contribution in [3.8, 4) is 0 Å². The molecule has 0 saturated carbocycles. The number of benzene rings is 1. The lowest BCUT2D eigenvalue weighted by molar-refractivity contribution is -0.145. The SMILES string of the molecule is O=C1NC(=O)c2cc(NC(=O)N3CC(C(=O)O)C3)ccc21. The largest absolute Gasteiger partial charge is 0.481 e. The average Bonchev–Trinajstić information content (AvgIpc) is 2.62. The van der Waals surface area contributed by atoms with Crippen LogP contribution in [0.2, 0.25) is 0 Å². The number of imide groups is 1. The number of carboxylic acid groups (broad SMARTS) is 1. The van der Waals surface area contributed by atoms with Crippen LogP contribution in [-0.4, -0.2) is 46.9 Å². The van der Waals surface area contributed by atoms with Crippen LogP contribution in [0.15, 0.2) is 18.2 Å². The second kappa shape index (κ2) is 4.58. The molecule has 1 saturated heterocycles. The lowest BCUT2D eigenvalue weighted by atomic mass is 10.0. The van der Waals surface area contributed by atoms with E-state index in [0.717, 1.165) is 0 Å². The van der Waals surface area contributed by atoms with E-state index in [2.05, 4.69) is 10.6 Å². The number of likely N-dealkylation sites (tertiary alicyclic amines) is 1. The summed E-state index contributed by atoms with van der Waals surface area (Å²) in [7, 11) is 0. The number of urea groups is 1. The van der Waals surface area contributed by atoms with Gasteiger partial charge in [0.2, 0.25) is 0 Å². The molecule has 8 nitrogen and oxygen atoms in total. The van der Waals surface area contributed by atoms with Gasteiger partial charge >= 0.3 is 12.0 Å². The summed E-state index contributed by atoms with van der Waals surface area (Å²) >= 11 is 0. The van der Waals surface area contributed by atoms with Crippen molar-refractivity contribution in [3.05, 3.63) is 29.3 Å². The van der Waals surface area contributed by atoms with Crippen LogP contribution >= 0.6 is 0 Å². The van der Waals surface area contributed by atoms with E-state index in [9.17, 15) is 19.2 Å². The molecule has 3 rings (SSSR count). The number of nitrogens with one attached hydrogen (secondary N) is 2. The fourth-order valence-corrected chi connectivity index (χ4v) is 2.25. The molecule has 0 aliphatic carbocycles. The Morgan fingerprint density at radius 1 is 1.19 bits per heavy atom. The van der Waals surface area contributed by atoms with Gasteiger partial charge in [0.15, 0.2) is 0 Å². The van der Waals surface area contributed by atoms with Gasteiger partial charge < -0.3 is 15.3 Å². The second-order valence-corrected chi connectivity index (χ2v) is 4.91. The topological polar surface area (TPSA) is 116 Å². The molecule has 0 bridgehead atoms. The number of hydrogen-bond donors (Lipinski definition) is 3. The summed E-state index contributed by atoms with van der Waals surface area (Å²) in [5.74, 6) is -2.41. The van der Waals surface area contributed by atoms with Crippen LogP contribution in [0.25, 0.3) is 0 Å². The summed E-state index contributed by atoms with van der Waals surface area (Å²) in [6.45, 7) is 0.316. The molecule has 0 atom stereocenters. The standard InChI is InChI=1S/C13H11N3O5/c17-10-8-2-1-7(3-9(8)11(18)15-10)14-13(21)16-4-6(5-16)12(19)20/h1-3,6H,4-5H2,(H,14,21)(H,19,20)(H,15,17,18). The molecule has 21 heavy (non-hydrogen) atoms. The molecular formula is C13H11N3O5. The number of rotatable bonds is 2. The van der Waals surface area contributed by atoms with Crippen LogP contribution in [0.5, 0.6) is 0 Å². The molecular weight excluding hydrogens is 278 g/mol. The number of aliphatic carboxylic acids is 1. The van der Waals surface area contributed by atoms with Gasteiger partial charge in [-0.1, -0.05) is 0 Å². The van der Waals surface area contributed by atoms with Crippen molar-refractivity contribution in [1.82, 2.24) is 10.2 Å². The van der Waals surface area contributed by atoms with Gasteiger partial charge in [-0.2, -0.15) is 0 Å². The Morgan fingerprint density at radius 2 is 1.86 bits per heavy atom. The third-order valence-electron chi connectivity index (χ3n) is 3.51. The molecule has 0 radical (unpaired) electrons. The molecule has 1 aromatic rings. The van der Waals surface area contributed by atoms with Gasteiger partial charge in [0.1, 0.15) is 0 Å². The second-order valence-electron chi connectivity index (χ2n) is 4.91. The molecule has 4 amide bonds. The maximum Gasteiger partial charge on any atom is 0.321 e. The van der Waals surface area contributed by atoms with E-state index in [1.165, 1.54) is 23.1 Å². The number of carbonyl (C=O) groups is 4. The van der Waals surface area contributed by atoms with Gasteiger partial charge in [-0.3, -0.25) is 19.7 Å². The summed E-state index contributed by atoms with van der Waals surface area (Å²) in [4.78, 5) is 46.8. The third-order valence-corrected chi connectivity index (χ3v) is 3.51. The van der Waals surface area contributed by atoms with Gasteiger partial charge in [0.25, 0.3) is 11.8 Å². The first-order chi connectivity index (χ1) is 9.95. The van der Waals surface area contributed by atoms with Crippen LogP contribution in [0.1, 0.15) is 20.7 Å². The van der Waals surface area contributed by atoms with Gasteiger partial charge in [-0.25, -0.2) is 4.79 Å². The zero-order chi connectivity index (χ0) is 15.1. The number of hydrogen-bond acceptors (Lipinski definition) is 4. The first-order valence-electron chi connectivity index (χ1n) is 6.24. The summed E-state index contributed by atoms with van der Waals surface area (Å²) in [5, 5.41) is 13.5. The normalized spacial score (nSPS) is 17.0. The first kappa shape index (κ1) is 13.1. The van der Waals surface area contributed by atoms with Crippen LogP contribution in [-0.2, 0) is 4.79 Å². The van der Waals surface area contributed by atoms with E-state index in [0.29, 0.717) is 5.69 Å². The van der Waals surface area contributed by atoms with E-state index >= 15 is 0 Å². The Kier molecular flexibility index (Phi) is 2.86. The molecule has 8 heteroatoms. The Bertz CT molecular complexity index is 678. The minimum Gasteiger partial charge on any atom is -0.481 e. The maximum absolute atomic E-state index is 11.9. The predicted octanol–water partition coefficient (Wildman–Crippen LogP) is 0.118. The van der Waals surface area contributed by atoms with Crippen molar-refractivity contribution in [2.75, 3.05) is 18.4 Å². The predicted molar refractivity (Wildman–Crippen MR) is 70.0 cm³/mol. The van der Waals surface area contributed by atoms with Crippen molar-refractivity contribution in [2.45, 2.75) is 0 Å². The molecule has 0 aromatic heterocycles. The number of carbonyl (C=O) groups excluding carboxylic acids is 3. The Labute approximate surface area is 118 Å². The number of nitrogens with zero attached hydrogens (tertiary/aromatic N) is 1. The van der Waals surface area contributed by atoms with E-state index in [1.807, 2.05) is 0 Å². The van der Waals surface area contributed by atoms with E-state index in [1.54, 1.807) is 0 Å². The number of fused-ring (bicyclic) bond motifs is 1. The highest BCUT2D eigenvalue weighted by Gasteiger charge is 2.35. The fourth-order valence-electron chi connectivity index (χ4n) is 2.25. The van der Waals surface area contributed by atoms with Crippen LogP contribution in [0.4, 0.5) is 10.5 Å². The van der Waals surface area contributed by atoms with Gasteiger partial charge in [-0.05, 0) is 18.2 Å². The molecule has 2 aliphatic heterocycles. The molecule has 1 fully saturated rings. The Balaban J connectivity index is 1.68. The molecule has 108 valence electrons. The van der Waals surface area contributed by atoms with E-state index in [4.69, 9.17) is 5.11 Å². The summed E-state index contributed by atoms with van der Waals surface area (Å²) in [6.07, 6.45) is 0. The third kappa shape index (κ3) is 2.20. The summed E-state index contributed by atoms with van der Waals surface area (Å²) < 4.78 is 0. The number of anilines is 1. The molecule has 3 N–H and O–H groups in total. The fraction of sp³-hybridized carbons (Fsp3) is 0.231. The molecule has 0 spiro atoms.